The van der Waals surface area contributed by atoms with Gasteiger partial charge in [-0.25, -0.2) is 0 Å². The van der Waals surface area contributed by atoms with E-state index in [1.807, 2.05) is 0 Å². The van der Waals surface area contributed by atoms with E-state index < -0.39 is 8.07 Å². The van der Waals surface area contributed by atoms with Gasteiger partial charge in [-0.3, -0.25) is 0 Å². The molecule has 4 aliphatic rings. The maximum absolute atomic E-state index is 2.89. The van der Waals surface area contributed by atoms with E-state index in [4.69, 9.17) is 0 Å². The first kappa shape index (κ1) is 21.4. The van der Waals surface area contributed by atoms with Crippen LogP contribution >= 0.6 is 0 Å². The second-order valence-corrected chi connectivity index (χ2v) is 17.7. The summed E-state index contributed by atoms with van der Waals surface area (Å²) in [7, 11) is -1.22. The fourth-order valence-electron chi connectivity index (χ4n) is 9.36. The third kappa shape index (κ3) is 3.80. The second-order valence-electron chi connectivity index (χ2n) is 12.5. The Labute approximate surface area is 178 Å². The fraction of sp³-hybridized carbons (Fsp3) is 1.00. The minimum atomic E-state index is -1.22. The minimum absolute atomic E-state index is 0.920. The van der Waals surface area contributed by atoms with Crippen molar-refractivity contribution in [3.63, 3.8) is 0 Å². The van der Waals surface area contributed by atoms with Crippen LogP contribution < -0.4 is 0 Å². The van der Waals surface area contributed by atoms with Crippen molar-refractivity contribution in [1.82, 2.24) is 0 Å². The van der Waals surface area contributed by atoms with Crippen molar-refractivity contribution in [2.75, 3.05) is 0 Å². The number of hydrogen-bond donors (Lipinski definition) is 0. The van der Waals surface area contributed by atoms with Gasteiger partial charge in [0.25, 0.3) is 0 Å². The van der Waals surface area contributed by atoms with E-state index in [2.05, 4.69) is 33.9 Å². The molecule has 8 atom stereocenters. The van der Waals surface area contributed by atoms with Gasteiger partial charge in [0.05, 0.1) is 8.07 Å². The van der Waals surface area contributed by atoms with Crippen molar-refractivity contribution in [2.45, 2.75) is 128 Å². The summed E-state index contributed by atoms with van der Waals surface area (Å²) in [5.41, 5.74) is 2.32. The van der Waals surface area contributed by atoms with Crippen LogP contribution in [0.15, 0.2) is 0 Å². The molecule has 1 heteroatoms. The Hall–Kier alpha value is 0.217. The molecule has 4 aliphatic carbocycles. The Bertz CT molecular complexity index is 508. The smallest absolute Gasteiger partial charge is 0.0541 e. The highest BCUT2D eigenvalue weighted by Gasteiger charge is 2.57. The van der Waals surface area contributed by atoms with E-state index in [0.717, 1.165) is 52.5 Å². The quantitative estimate of drug-likeness (QED) is 0.389. The van der Waals surface area contributed by atoms with Crippen molar-refractivity contribution < 1.29 is 0 Å². The van der Waals surface area contributed by atoms with Crippen molar-refractivity contribution in [3.05, 3.63) is 0 Å². The van der Waals surface area contributed by atoms with Gasteiger partial charge in [-0.2, -0.15) is 0 Å². The highest BCUT2D eigenvalue weighted by atomic mass is 28.3. The summed E-state index contributed by atoms with van der Waals surface area (Å²) >= 11 is 0. The average Bonchev–Trinajstić information content (AvgIpc) is 3.26. The summed E-state index contributed by atoms with van der Waals surface area (Å²) in [5.74, 6) is 7.57. The maximum Gasteiger partial charge on any atom is 0.0541 e. The molecule has 28 heavy (non-hydrogen) atoms. The number of unbranched alkanes of at least 4 members (excludes halogenated alkanes) is 1. The van der Waals surface area contributed by atoms with Crippen molar-refractivity contribution in [3.8, 4) is 0 Å². The van der Waals surface area contributed by atoms with Crippen molar-refractivity contribution in [1.29, 1.82) is 0 Å². The third-order valence-electron chi connectivity index (χ3n) is 10.7. The zero-order chi connectivity index (χ0) is 19.9. The number of fused-ring (bicyclic) bond motifs is 2. The standard InChI is InChI=1S/C27H50Si/c1-6-7-12-20-17-26(23-15-10-8-13-21(20)23)28(4,5)27-18-25(19(2)3)22-14-9-11-16-24(22)27/h19-27H,6-18H2,1-5H3. The molecule has 4 rings (SSSR count). The Morgan fingerprint density at radius 3 is 1.89 bits per heavy atom. The van der Waals surface area contributed by atoms with Crippen LogP contribution in [0.2, 0.25) is 24.2 Å². The molecule has 4 fully saturated rings. The summed E-state index contributed by atoms with van der Waals surface area (Å²) in [6, 6.07) is 0. The first-order valence-electron chi connectivity index (χ1n) is 13.4. The summed E-state index contributed by atoms with van der Waals surface area (Å²) in [6.45, 7) is 13.3. The Kier molecular flexibility index (Phi) is 6.71. The molecule has 0 nitrogen and oxygen atoms in total. The van der Waals surface area contributed by atoms with Gasteiger partial charge in [-0.1, -0.05) is 91.7 Å². The molecule has 0 aliphatic heterocycles. The van der Waals surface area contributed by atoms with Crippen molar-refractivity contribution in [2.24, 2.45) is 41.4 Å². The molecule has 0 N–H and O–H groups in total. The normalized spacial score (nSPS) is 43.9. The van der Waals surface area contributed by atoms with E-state index in [-0.39, 0.29) is 0 Å². The van der Waals surface area contributed by atoms with Crippen LogP contribution in [0.4, 0.5) is 0 Å². The first-order valence-corrected chi connectivity index (χ1v) is 16.6. The molecule has 0 aromatic carbocycles. The molecule has 0 aromatic rings. The predicted octanol–water partition coefficient (Wildman–Crippen LogP) is 8.93. The minimum Gasteiger partial charge on any atom is -0.0689 e. The lowest BCUT2D eigenvalue weighted by Crippen LogP contribution is -2.43. The van der Waals surface area contributed by atoms with Gasteiger partial charge in [-0.15, -0.1) is 0 Å². The Balaban J connectivity index is 1.56. The molecule has 0 radical (unpaired) electrons. The lowest BCUT2D eigenvalue weighted by atomic mass is 9.75. The summed E-state index contributed by atoms with van der Waals surface area (Å²) in [5, 5.41) is 0. The summed E-state index contributed by atoms with van der Waals surface area (Å²) in [6.07, 6.45) is 20.3. The van der Waals surface area contributed by atoms with Crippen LogP contribution in [0, 0.1) is 41.4 Å². The monoisotopic (exact) mass is 402 g/mol. The third-order valence-corrected chi connectivity index (χ3v) is 15.9. The number of rotatable bonds is 6. The molecule has 4 saturated carbocycles. The molecule has 8 unspecified atom stereocenters. The van der Waals surface area contributed by atoms with E-state index in [0.29, 0.717) is 0 Å². The highest BCUT2D eigenvalue weighted by molar-refractivity contribution is 6.80. The van der Waals surface area contributed by atoms with Gasteiger partial charge in [-0.05, 0) is 78.2 Å². The van der Waals surface area contributed by atoms with Crippen LogP contribution in [0.3, 0.4) is 0 Å². The van der Waals surface area contributed by atoms with Gasteiger partial charge in [0, 0.05) is 0 Å². The SMILES string of the molecule is CCCCC1CC([Si](C)(C)C2CC(C(C)C)C3CCCCC32)C2CCCCC12. The van der Waals surface area contributed by atoms with Crippen LogP contribution in [-0.2, 0) is 0 Å². The molecule has 0 spiro atoms. The van der Waals surface area contributed by atoms with Gasteiger partial charge in [0.1, 0.15) is 0 Å². The Morgan fingerprint density at radius 1 is 0.750 bits per heavy atom. The van der Waals surface area contributed by atoms with E-state index in [9.17, 15) is 0 Å². The fourth-order valence-corrected chi connectivity index (χ4v) is 14.7. The van der Waals surface area contributed by atoms with Crippen LogP contribution in [0.5, 0.6) is 0 Å². The maximum atomic E-state index is 2.89. The zero-order valence-electron chi connectivity index (χ0n) is 19.9. The van der Waals surface area contributed by atoms with E-state index >= 15 is 0 Å². The Morgan fingerprint density at radius 2 is 1.29 bits per heavy atom. The molecular weight excluding hydrogens is 352 g/mol. The van der Waals surface area contributed by atoms with Crippen LogP contribution in [0.25, 0.3) is 0 Å². The molecule has 0 saturated heterocycles. The molecular formula is C27H50Si. The molecule has 0 amide bonds. The first-order chi connectivity index (χ1) is 13.4. The van der Waals surface area contributed by atoms with Gasteiger partial charge >= 0.3 is 0 Å². The van der Waals surface area contributed by atoms with Crippen LogP contribution in [0.1, 0.15) is 104 Å². The zero-order valence-corrected chi connectivity index (χ0v) is 20.9. The summed E-state index contributed by atoms with van der Waals surface area (Å²) in [4.78, 5) is 0. The van der Waals surface area contributed by atoms with Gasteiger partial charge < -0.3 is 0 Å². The highest BCUT2D eigenvalue weighted by Crippen LogP contribution is 2.65. The van der Waals surface area contributed by atoms with E-state index in [1.54, 1.807) is 64.2 Å². The lowest BCUT2D eigenvalue weighted by Gasteiger charge is -2.45. The molecule has 0 bridgehead atoms. The van der Waals surface area contributed by atoms with Crippen LogP contribution in [-0.4, -0.2) is 8.07 Å². The average molecular weight is 403 g/mol. The molecule has 0 aromatic heterocycles. The van der Waals surface area contributed by atoms with Gasteiger partial charge in [0.2, 0.25) is 0 Å². The van der Waals surface area contributed by atoms with Crippen molar-refractivity contribution >= 4 is 8.07 Å². The van der Waals surface area contributed by atoms with E-state index in [1.165, 1.54) is 19.3 Å². The lowest BCUT2D eigenvalue weighted by molar-refractivity contribution is 0.192. The van der Waals surface area contributed by atoms with Gasteiger partial charge in [0.15, 0.2) is 0 Å². The predicted molar refractivity (Wildman–Crippen MR) is 126 cm³/mol. The molecule has 0 heterocycles. The topological polar surface area (TPSA) is 0 Å². The summed E-state index contributed by atoms with van der Waals surface area (Å²) < 4.78 is 0. The largest absolute Gasteiger partial charge is 0.0689 e. The second kappa shape index (κ2) is 8.76. The number of hydrogen-bond acceptors (Lipinski definition) is 0. The molecule has 162 valence electrons.